The Labute approximate surface area is 109 Å². The van der Waals surface area contributed by atoms with Crippen LogP contribution in [0.1, 0.15) is 0 Å². The summed E-state index contributed by atoms with van der Waals surface area (Å²) in [5.41, 5.74) is 1.19. The molecule has 4 rings (SSSR count). The third-order valence-electron chi connectivity index (χ3n) is 3.27. The van der Waals surface area contributed by atoms with Gasteiger partial charge in [-0.3, -0.25) is 0 Å². The molecule has 86 valence electrons. The van der Waals surface area contributed by atoms with E-state index in [0.717, 1.165) is 0 Å². The van der Waals surface area contributed by atoms with Gasteiger partial charge in [0.15, 0.2) is 0 Å². The minimum Gasteiger partial charge on any atom is -0.361 e. The van der Waals surface area contributed by atoms with Gasteiger partial charge in [0.05, 0.1) is 10.6 Å². The van der Waals surface area contributed by atoms with Crippen LogP contribution in [0.25, 0.3) is 31.4 Å². The molecule has 0 aliphatic heterocycles. The fourth-order valence-electron chi connectivity index (χ4n) is 2.38. The monoisotopic (exact) mass is 249 g/mol. The molecular weight excluding hydrogens is 238 g/mol. The second-order valence-corrected chi connectivity index (χ2v) is 5.45. The molecule has 0 spiro atoms. The summed E-state index contributed by atoms with van der Waals surface area (Å²) in [5, 5.41) is 3.98. The third kappa shape index (κ3) is 1.39. The molecule has 0 bridgehead atoms. The Hall–Kier alpha value is -2.06. The molecule has 4 aromatic rings. The summed E-state index contributed by atoms with van der Waals surface area (Å²) in [6, 6.07) is 19.4. The van der Waals surface area contributed by atoms with Crippen LogP contribution in [0, 0.1) is 0 Å². The molecule has 2 heterocycles. The number of thiophene rings is 1. The van der Waals surface area contributed by atoms with Crippen molar-refractivity contribution in [2.24, 2.45) is 0 Å². The lowest BCUT2D eigenvalue weighted by Gasteiger charge is -1.97. The number of H-pyrrole nitrogens is 1. The van der Waals surface area contributed by atoms with E-state index in [1.165, 1.54) is 31.4 Å². The van der Waals surface area contributed by atoms with Crippen LogP contribution in [0.2, 0.25) is 0 Å². The summed E-state index contributed by atoms with van der Waals surface area (Å²) >= 11 is 1.85. The van der Waals surface area contributed by atoms with Crippen LogP contribution in [0.5, 0.6) is 0 Å². The lowest BCUT2D eigenvalue weighted by Crippen LogP contribution is -1.70. The van der Waals surface area contributed by atoms with Gasteiger partial charge in [0.2, 0.25) is 0 Å². The molecule has 0 atom stereocenters. The van der Waals surface area contributed by atoms with Crippen LogP contribution < -0.4 is 0 Å². The lowest BCUT2D eigenvalue weighted by atomic mass is 10.1. The van der Waals surface area contributed by atoms with Crippen molar-refractivity contribution < 1.29 is 0 Å². The molecule has 0 saturated heterocycles. The number of aromatic nitrogens is 1. The first-order valence-corrected chi connectivity index (χ1v) is 6.78. The first-order valence-electron chi connectivity index (χ1n) is 5.97. The molecule has 1 nitrogen and oxygen atoms in total. The molecule has 0 aliphatic rings. The molecule has 0 saturated carbocycles. The van der Waals surface area contributed by atoms with Crippen molar-refractivity contribution >= 4 is 32.2 Å². The number of hydrogen-bond acceptors (Lipinski definition) is 1. The molecule has 2 aromatic carbocycles. The highest BCUT2D eigenvalue weighted by molar-refractivity contribution is 7.23. The van der Waals surface area contributed by atoms with Gasteiger partial charge in [-0.1, -0.05) is 36.4 Å². The third-order valence-corrected chi connectivity index (χ3v) is 4.49. The van der Waals surface area contributed by atoms with Gasteiger partial charge in [-0.25, -0.2) is 0 Å². The standard InChI is InChI=1S/C16H11NS/c1-2-5-13-11(4-1)7-8-12-10-15(18-16(12)13)14-6-3-9-17-14/h1-10,17H. The second-order valence-electron chi connectivity index (χ2n) is 4.40. The maximum atomic E-state index is 3.27. The van der Waals surface area contributed by atoms with Crippen LogP contribution in [0.15, 0.2) is 60.8 Å². The molecule has 0 radical (unpaired) electrons. The molecule has 2 aromatic heterocycles. The highest BCUT2D eigenvalue weighted by atomic mass is 32.1. The number of benzene rings is 2. The van der Waals surface area contributed by atoms with Gasteiger partial charge in [0.1, 0.15) is 0 Å². The fraction of sp³-hybridized carbons (Fsp3) is 0. The molecule has 0 unspecified atom stereocenters. The van der Waals surface area contributed by atoms with Crippen molar-refractivity contribution in [3.63, 3.8) is 0 Å². The van der Waals surface area contributed by atoms with Crippen LogP contribution in [0.4, 0.5) is 0 Å². The first kappa shape index (κ1) is 9.92. The van der Waals surface area contributed by atoms with Gasteiger partial charge in [0.25, 0.3) is 0 Å². The largest absolute Gasteiger partial charge is 0.361 e. The zero-order valence-corrected chi connectivity index (χ0v) is 10.5. The van der Waals surface area contributed by atoms with Crippen LogP contribution in [-0.4, -0.2) is 4.98 Å². The van der Waals surface area contributed by atoms with Crippen molar-refractivity contribution in [1.82, 2.24) is 4.98 Å². The Kier molecular flexibility index (Phi) is 2.05. The van der Waals surface area contributed by atoms with Gasteiger partial charge in [-0.05, 0) is 34.4 Å². The predicted octanol–water partition coefficient (Wildman–Crippen LogP) is 5.05. The van der Waals surface area contributed by atoms with E-state index < -0.39 is 0 Å². The van der Waals surface area contributed by atoms with Gasteiger partial charge < -0.3 is 4.98 Å². The average Bonchev–Trinajstić information content (AvgIpc) is 3.07. The van der Waals surface area contributed by atoms with Crippen molar-refractivity contribution in [1.29, 1.82) is 0 Å². The zero-order valence-electron chi connectivity index (χ0n) is 9.68. The quantitative estimate of drug-likeness (QED) is 0.486. The maximum absolute atomic E-state index is 3.27. The molecule has 18 heavy (non-hydrogen) atoms. The first-order chi connectivity index (χ1) is 8.92. The van der Waals surface area contributed by atoms with E-state index >= 15 is 0 Å². The zero-order chi connectivity index (χ0) is 11.9. The average molecular weight is 249 g/mol. The molecule has 0 aliphatic carbocycles. The second kappa shape index (κ2) is 3.72. The minimum absolute atomic E-state index is 1.19. The Morgan fingerprint density at radius 3 is 2.61 bits per heavy atom. The predicted molar refractivity (Wildman–Crippen MR) is 79.1 cm³/mol. The maximum Gasteiger partial charge on any atom is 0.0555 e. The Morgan fingerprint density at radius 1 is 0.833 bits per heavy atom. The Bertz CT molecular complexity index is 825. The SMILES string of the molecule is c1c[nH]c(-c2cc3ccc4ccccc4c3s2)c1. The van der Waals surface area contributed by atoms with E-state index in [-0.39, 0.29) is 0 Å². The van der Waals surface area contributed by atoms with E-state index in [9.17, 15) is 0 Å². The summed E-state index contributed by atoms with van der Waals surface area (Å²) < 4.78 is 1.37. The topological polar surface area (TPSA) is 15.8 Å². The normalized spacial score (nSPS) is 11.3. The highest BCUT2D eigenvalue weighted by Crippen LogP contribution is 2.36. The highest BCUT2D eigenvalue weighted by Gasteiger charge is 2.07. The Balaban J connectivity index is 2.08. The van der Waals surface area contributed by atoms with Gasteiger partial charge in [0, 0.05) is 10.9 Å². The van der Waals surface area contributed by atoms with Crippen molar-refractivity contribution in [3.8, 4) is 10.6 Å². The number of fused-ring (bicyclic) bond motifs is 3. The molecule has 1 N–H and O–H groups in total. The van der Waals surface area contributed by atoms with Crippen molar-refractivity contribution in [3.05, 3.63) is 60.8 Å². The summed E-state index contributed by atoms with van der Waals surface area (Å²) in [4.78, 5) is 4.57. The van der Waals surface area contributed by atoms with E-state index in [4.69, 9.17) is 0 Å². The van der Waals surface area contributed by atoms with Gasteiger partial charge >= 0.3 is 0 Å². The van der Waals surface area contributed by atoms with E-state index in [0.29, 0.717) is 0 Å². The van der Waals surface area contributed by atoms with E-state index in [1.807, 2.05) is 23.6 Å². The lowest BCUT2D eigenvalue weighted by molar-refractivity contribution is 1.42. The van der Waals surface area contributed by atoms with Gasteiger partial charge in [-0.15, -0.1) is 11.3 Å². The minimum atomic E-state index is 1.19. The van der Waals surface area contributed by atoms with Crippen LogP contribution >= 0.6 is 11.3 Å². The van der Waals surface area contributed by atoms with Crippen molar-refractivity contribution in [2.75, 3.05) is 0 Å². The van der Waals surface area contributed by atoms with E-state index in [2.05, 4.69) is 53.5 Å². The van der Waals surface area contributed by atoms with Crippen LogP contribution in [0.3, 0.4) is 0 Å². The molecular formula is C16H11NS. The fourth-order valence-corrected chi connectivity index (χ4v) is 3.57. The Morgan fingerprint density at radius 2 is 1.72 bits per heavy atom. The van der Waals surface area contributed by atoms with Crippen LogP contribution in [-0.2, 0) is 0 Å². The summed E-state index contributed by atoms with van der Waals surface area (Å²) in [7, 11) is 0. The summed E-state index contributed by atoms with van der Waals surface area (Å²) in [6.07, 6.45) is 1.97. The molecule has 0 fully saturated rings. The number of hydrogen-bond donors (Lipinski definition) is 1. The summed E-state index contributed by atoms with van der Waals surface area (Å²) in [6.45, 7) is 0. The molecule has 2 heteroatoms. The summed E-state index contributed by atoms with van der Waals surface area (Å²) in [5.74, 6) is 0. The van der Waals surface area contributed by atoms with E-state index in [1.54, 1.807) is 0 Å². The van der Waals surface area contributed by atoms with Crippen molar-refractivity contribution in [2.45, 2.75) is 0 Å². The number of rotatable bonds is 1. The smallest absolute Gasteiger partial charge is 0.0555 e. The number of nitrogens with one attached hydrogen (secondary N) is 1. The number of aromatic amines is 1. The molecule has 0 amide bonds. The van der Waals surface area contributed by atoms with Gasteiger partial charge in [-0.2, -0.15) is 0 Å².